The lowest BCUT2D eigenvalue weighted by atomic mass is 10.0. The molecule has 3 heteroatoms. The number of nitrogens with one attached hydrogen (secondary N) is 1. The molecule has 0 aliphatic carbocycles. The molecule has 17 heavy (non-hydrogen) atoms. The van der Waals surface area contributed by atoms with Gasteiger partial charge in [-0.2, -0.15) is 0 Å². The van der Waals surface area contributed by atoms with E-state index in [0.717, 1.165) is 6.54 Å². The van der Waals surface area contributed by atoms with E-state index in [4.69, 9.17) is 0 Å². The third-order valence-corrected chi connectivity index (χ3v) is 4.68. The largest absolute Gasteiger partial charge is 0.381 e. The predicted molar refractivity (Wildman–Crippen MR) is 77.8 cm³/mol. The van der Waals surface area contributed by atoms with Gasteiger partial charge in [-0.3, -0.25) is 0 Å². The highest BCUT2D eigenvalue weighted by molar-refractivity contribution is 9.10. The van der Waals surface area contributed by atoms with Crippen molar-refractivity contribution in [1.29, 1.82) is 0 Å². The van der Waals surface area contributed by atoms with Crippen LogP contribution in [-0.2, 0) is 0 Å². The maximum Gasteiger partial charge on any atom is 0.0388 e. The van der Waals surface area contributed by atoms with Gasteiger partial charge in [0, 0.05) is 22.7 Å². The summed E-state index contributed by atoms with van der Waals surface area (Å²) in [6.07, 6.45) is 2.57. The van der Waals surface area contributed by atoms with E-state index in [-0.39, 0.29) is 0 Å². The molecule has 1 aromatic rings. The molecule has 0 radical (unpaired) electrons. The van der Waals surface area contributed by atoms with Crippen molar-refractivity contribution >= 4 is 21.6 Å². The van der Waals surface area contributed by atoms with Crippen LogP contribution >= 0.6 is 15.9 Å². The van der Waals surface area contributed by atoms with Gasteiger partial charge in [0.2, 0.25) is 0 Å². The Bertz CT molecular complexity index is 380. The number of halogens is 1. The van der Waals surface area contributed by atoms with Gasteiger partial charge < -0.3 is 10.2 Å². The quantitative estimate of drug-likeness (QED) is 0.897. The first-order valence-corrected chi connectivity index (χ1v) is 7.07. The van der Waals surface area contributed by atoms with E-state index < -0.39 is 0 Å². The first-order chi connectivity index (χ1) is 8.06. The van der Waals surface area contributed by atoms with Gasteiger partial charge in [0.25, 0.3) is 0 Å². The molecule has 0 aromatic heterocycles. The number of piperidine rings is 1. The molecule has 0 bridgehead atoms. The van der Waals surface area contributed by atoms with Crippen LogP contribution in [0.15, 0.2) is 16.6 Å². The van der Waals surface area contributed by atoms with Gasteiger partial charge >= 0.3 is 0 Å². The van der Waals surface area contributed by atoms with Crippen LogP contribution in [0.3, 0.4) is 0 Å². The Labute approximate surface area is 113 Å². The summed E-state index contributed by atoms with van der Waals surface area (Å²) in [6.45, 7) is 6.68. The first kappa shape index (κ1) is 12.9. The average molecular weight is 297 g/mol. The minimum absolute atomic E-state index is 0.591. The zero-order valence-electron chi connectivity index (χ0n) is 10.9. The molecule has 2 nitrogen and oxygen atoms in total. The lowest BCUT2D eigenvalue weighted by Crippen LogP contribution is -2.39. The van der Waals surface area contributed by atoms with Crippen molar-refractivity contribution in [1.82, 2.24) is 4.90 Å². The van der Waals surface area contributed by atoms with Crippen LogP contribution in [0.5, 0.6) is 0 Å². The molecule has 1 aliphatic heterocycles. The van der Waals surface area contributed by atoms with Crippen molar-refractivity contribution in [2.24, 2.45) is 0 Å². The summed E-state index contributed by atoms with van der Waals surface area (Å²) in [4.78, 5) is 2.40. The van der Waals surface area contributed by atoms with Crippen molar-refractivity contribution in [3.05, 3.63) is 27.7 Å². The highest BCUT2D eigenvalue weighted by Crippen LogP contribution is 2.26. The van der Waals surface area contributed by atoms with Crippen LogP contribution in [0, 0.1) is 13.8 Å². The van der Waals surface area contributed by atoms with Crippen molar-refractivity contribution in [2.75, 3.05) is 25.5 Å². The molecule has 0 amide bonds. The van der Waals surface area contributed by atoms with Gasteiger partial charge in [0.15, 0.2) is 0 Å². The Morgan fingerprint density at radius 3 is 2.53 bits per heavy atom. The lowest BCUT2D eigenvalue weighted by Gasteiger charge is -2.31. The molecule has 0 saturated carbocycles. The van der Waals surface area contributed by atoms with Crippen LogP contribution in [0.1, 0.15) is 24.0 Å². The van der Waals surface area contributed by atoms with E-state index in [2.05, 4.69) is 59.2 Å². The van der Waals surface area contributed by atoms with Gasteiger partial charge in [-0.25, -0.2) is 0 Å². The summed E-state index contributed by atoms with van der Waals surface area (Å²) in [5.74, 6) is 0. The van der Waals surface area contributed by atoms with Crippen LogP contribution in [0.2, 0.25) is 0 Å². The van der Waals surface area contributed by atoms with Gasteiger partial charge in [0.05, 0.1) is 0 Å². The molecule has 94 valence electrons. The monoisotopic (exact) mass is 296 g/mol. The molecular formula is C14H21BrN2. The number of rotatable bonds is 2. The highest BCUT2D eigenvalue weighted by Gasteiger charge is 2.17. The number of benzene rings is 1. The van der Waals surface area contributed by atoms with Crippen molar-refractivity contribution < 1.29 is 0 Å². The summed E-state index contributed by atoms with van der Waals surface area (Å²) in [5.41, 5.74) is 3.86. The molecule has 0 spiro atoms. The molecule has 1 saturated heterocycles. The number of anilines is 1. The van der Waals surface area contributed by atoms with E-state index >= 15 is 0 Å². The summed E-state index contributed by atoms with van der Waals surface area (Å²) in [5, 5.41) is 3.66. The molecule has 1 N–H and O–H groups in total. The molecule has 1 fully saturated rings. The van der Waals surface area contributed by atoms with Gasteiger partial charge in [0.1, 0.15) is 0 Å². The number of likely N-dealkylation sites (tertiary alicyclic amines) is 1. The molecule has 1 aromatic carbocycles. The molecule has 2 rings (SSSR count). The Morgan fingerprint density at radius 2 is 1.94 bits per heavy atom. The van der Waals surface area contributed by atoms with Gasteiger partial charge in [-0.15, -0.1) is 0 Å². The third kappa shape index (κ3) is 3.23. The minimum atomic E-state index is 0.591. The SMILES string of the molecule is Cc1cc(NC2CCCN(C)C2)cc(C)c1Br. The maximum absolute atomic E-state index is 3.66. The van der Waals surface area contributed by atoms with Crippen LogP contribution in [0.25, 0.3) is 0 Å². The summed E-state index contributed by atoms with van der Waals surface area (Å²) < 4.78 is 1.23. The first-order valence-electron chi connectivity index (χ1n) is 6.28. The van der Waals surface area contributed by atoms with Crippen LogP contribution < -0.4 is 5.32 Å². The lowest BCUT2D eigenvalue weighted by molar-refractivity contribution is 0.261. The zero-order valence-corrected chi connectivity index (χ0v) is 12.5. The molecule has 1 aliphatic rings. The van der Waals surface area contributed by atoms with E-state index in [1.807, 2.05) is 0 Å². The molecule has 1 heterocycles. The second-order valence-electron chi connectivity index (χ2n) is 5.17. The Kier molecular flexibility index (Phi) is 4.10. The second kappa shape index (κ2) is 5.40. The fraction of sp³-hybridized carbons (Fsp3) is 0.571. The number of hydrogen-bond acceptors (Lipinski definition) is 2. The number of hydrogen-bond donors (Lipinski definition) is 1. The molecule has 1 unspecified atom stereocenters. The summed E-state index contributed by atoms with van der Waals surface area (Å²) in [6, 6.07) is 5.05. The van der Waals surface area contributed by atoms with Gasteiger partial charge in [-0.05, 0) is 63.5 Å². The Morgan fingerprint density at radius 1 is 1.29 bits per heavy atom. The molecule has 1 atom stereocenters. The van der Waals surface area contributed by atoms with Gasteiger partial charge in [-0.1, -0.05) is 15.9 Å². The van der Waals surface area contributed by atoms with E-state index in [1.165, 1.54) is 40.7 Å². The molecular weight excluding hydrogens is 276 g/mol. The van der Waals surface area contributed by atoms with Crippen LogP contribution in [-0.4, -0.2) is 31.1 Å². The van der Waals surface area contributed by atoms with Crippen molar-refractivity contribution in [2.45, 2.75) is 32.7 Å². The number of aryl methyl sites for hydroxylation is 2. The maximum atomic E-state index is 3.66. The average Bonchev–Trinajstić information content (AvgIpc) is 2.26. The Balaban J connectivity index is 2.08. The fourth-order valence-electron chi connectivity index (χ4n) is 2.55. The predicted octanol–water partition coefficient (Wildman–Crippen LogP) is 3.57. The standard InChI is InChI=1S/C14H21BrN2/c1-10-7-13(8-11(2)14(10)15)16-12-5-4-6-17(3)9-12/h7-8,12,16H,4-6,9H2,1-3H3. The van der Waals surface area contributed by atoms with Crippen molar-refractivity contribution in [3.63, 3.8) is 0 Å². The smallest absolute Gasteiger partial charge is 0.0388 e. The zero-order chi connectivity index (χ0) is 12.4. The summed E-state index contributed by atoms with van der Waals surface area (Å²) >= 11 is 3.61. The Hall–Kier alpha value is -0.540. The second-order valence-corrected chi connectivity index (χ2v) is 5.96. The van der Waals surface area contributed by atoms with Crippen molar-refractivity contribution in [3.8, 4) is 0 Å². The fourth-order valence-corrected chi connectivity index (χ4v) is 2.78. The van der Waals surface area contributed by atoms with E-state index in [9.17, 15) is 0 Å². The number of nitrogens with zero attached hydrogens (tertiary/aromatic N) is 1. The van der Waals surface area contributed by atoms with E-state index in [0.29, 0.717) is 6.04 Å². The highest BCUT2D eigenvalue weighted by atomic mass is 79.9. The third-order valence-electron chi connectivity index (χ3n) is 3.43. The minimum Gasteiger partial charge on any atom is -0.381 e. The van der Waals surface area contributed by atoms with E-state index in [1.54, 1.807) is 0 Å². The summed E-state index contributed by atoms with van der Waals surface area (Å²) in [7, 11) is 2.20. The normalized spacial score (nSPS) is 21.5. The van der Waals surface area contributed by atoms with Crippen LogP contribution in [0.4, 0.5) is 5.69 Å². The number of likely N-dealkylation sites (N-methyl/N-ethyl adjacent to an activating group) is 1. The topological polar surface area (TPSA) is 15.3 Å².